The zero-order valence-corrected chi connectivity index (χ0v) is 17.2. The number of thiophene rings is 1. The largest absolute Gasteiger partial charge is 0.352 e. The molecule has 2 atom stereocenters. The van der Waals surface area contributed by atoms with E-state index in [2.05, 4.69) is 24.5 Å². The van der Waals surface area contributed by atoms with E-state index in [4.69, 9.17) is 0 Å². The molecule has 4 nitrogen and oxygen atoms in total. The minimum atomic E-state index is -0.588. The van der Waals surface area contributed by atoms with Gasteiger partial charge in [0.2, 0.25) is 5.91 Å². The van der Waals surface area contributed by atoms with Gasteiger partial charge in [-0.2, -0.15) is 0 Å². The van der Waals surface area contributed by atoms with Crippen LogP contribution in [0.25, 0.3) is 0 Å². The quantitative estimate of drug-likeness (QED) is 0.635. The van der Waals surface area contributed by atoms with Crippen molar-refractivity contribution in [2.75, 3.05) is 0 Å². The Balaban J connectivity index is 1.99. The van der Waals surface area contributed by atoms with Crippen LogP contribution in [-0.2, 0) is 11.2 Å². The molecule has 0 aliphatic rings. The highest BCUT2D eigenvalue weighted by Crippen LogP contribution is 2.11. The molecule has 146 valence electrons. The fourth-order valence-corrected chi connectivity index (χ4v) is 3.57. The number of amides is 2. The van der Waals surface area contributed by atoms with E-state index in [1.54, 1.807) is 6.07 Å². The predicted octanol–water partition coefficient (Wildman–Crippen LogP) is 4.42. The standard InChI is InChI=1S/C22H30N2O2S/c1-16(2)9-7-10-17(3)23-21(25)19(15-18-11-5-4-6-12-18)24-22(26)20-13-8-14-27-20/h4-6,8,11-14,16-17,19H,7,9-10,15H2,1-3H3,(H,23,25)(H,24,26). The Bertz CT molecular complexity index is 698. The summed E-state index contributed by atoms with van der Waals surface area (Å²) in [5.41, 5.74) is 1.02. The summed E-state index contributed by atoms with van der Waals surface area (Å²) in [6.07, 6.45) is 3.66. The number of carbonyl (C=O) groups is 2. The highest BCUT2D eigenvalue weighted by atomic mass is 32.1. The van der Waals surface area contributed by atoms with Crippen LogP contribution >= 0.6 is 11.3 Å². The summed E-state index contributed by atoms with van der Waals surface area (Å²) < 4.78 is 0. The third-order valence-electron chi connectivity index (χ3n) is 4.46. The summed E-state index contributed by atoms with van der Waals surface area (Å²) >= 11 is 1.37. The lowest BCUT2D eigenvalue weighted by atomic mass is 10.0. The second-order valence-corrected chi connectivity index (χ2v) is 8.38. The summed E-state index contributed by atoms with van der Waals surface area (Å²) in [6, 6.07) is 12.9. The molecule has 2 N–H and O–H groups in total. The lowest BCUT2D eigenvalue weighted by Crippen LogP contribution is -2.50. The lowest BCUT2D eigenvalue weighted by molar-refractivity contribution is -0.123. The van der Waals surface area contributed by atoms with Crippen molar-refractivity contribution in [1.29, 1.82) is 0 Å². The Morgan fingerprint density at radius 3 is 2.33 bits per heavy atom. The smallest absolute Gasteiger partial charge is 0.262 e. The zero-order chi connectivity index (χ0) is 19.6. The average molecular weight is 387 g/mol. The Hall–Kier alpha value is -2.14. The van der Waals surface area contributed by atoms with Crippen LogP contribution in [-0.4, -0.2) is 23.9 Å². The Labute approximate surface area is 166 Å². The van der Waals surface area contributed by atoms with Crippen LogP contribution in [0, 0.1) is 5.92 Å². The van der Waals surface area contributed by atoms with Crippen molar-refractivity contribution in [1.82, 2.24) is 10.6 Å². The van der Waals surface area contributed by atoms with Gasteiger partial charge in [-0.25, -0.2) is 0 Å². The SMILES string of the molecule is CC(C)CCCC(C)NC(=O)C(Cc1ccccc1)NC(=O)c1cccs1. The second kappa shape index (κ2) is 10.9. The molecule has 2 amide bonds. The minimum absolute atomic E-state index is 0.0909. The van der Waals surface area contributed by atoms with Crippen molar-refractivity contribution >= 4 is 23.2 Å². The van der Waals surface area contributed by atoms with Crippen LogP contribution in [0.5, 0.6) is 0 Å². The molecule has 0 bridgehead atoms. The van der Waals surface area contributed by atoms with Crippen LogP contribution in [0.4, 0.5) is 0 Å². The normalized spacial score (nSPS) is 13.2. The van der Waals surface area contributed by atoms with Crippen LogP contribution < -0.4 is 10.6 Å². The monoisotopic (exact) mass is 386 g/mol. The first-order valence-electron chi connectivity index (χ1n) is 9.64. The maximum absolute atomic E-state index is 12.8. The van der Waals surface area contributed by atoms with E-state index in [0.29, 0.717) is 17.2 Å². The van der Waals surface area contributed by atoms with E-state index in [9.17, 15) is 9.59 Å². The molecule has 0 spiro atoms. The van der Waals surface area contributed by atoms with E-state index in [-0.39, 0.29) is 17.9 Å². The Morgan fingerprint density at radius 2 is 1.70 bits per heavy atom. The van der Waals surface area contributed by atoms with Crippen molar-refractivity contribution < 1.29 is 9.59 Å². The van der Waals surface area contributed by atoms with Crippen LogP contribution in [0.15, 0.2) is 47.8 Å². The molecule has 27 heavy (non-hydrogen) atoms. The molecule has 0 saturated carbocycles. The first-order chi connectivity index (χ1) is 13.0. The summed E-state index contributed by atoms with van der Waals surface area (Å²) in [7, 11) is 0. The second-order valence-electron chi connectivity index (χ2n) is 7.43. The van der Waals surface area contributed by atoms with Gasteiger partial charge in [-0.3, -0.25) is 9.59 Å². The fraction of sp³-hybridized carbons (Fsp3) is 0.455. The molecular weight excluding hydrogens is 356 g/mol. The highest BCUT2D eigenvalue weighted by Gasteiger charge is 2.23. The van der Waals surface area contributed by atoms with Gasteiger partial charge >= 0.3 is 0 Å². The molecule has 0 saturated heterocycles. The summed E-state index contributed by atoms with van der Waals surface area (Å²) in [5.74, 6) is 0.346. The van der Waals surface area contributed by atoms with E-state index in [1.165, 1.54) is 11.3 Å². The molecule has 2 unspecified atom stereocenters. The molecule has 1 aromatic carbocycles. The Morgan fingerprint density at radius 1 is 0.963 bits per heavy atom. The third kappa shape index (κ3) is 7.55. The number of carbonyl (C=O) groups excluding carboxylic acids is 2. The molecular formula is C22H30N2O2S. The molecule has 0 aliphatic heterocycles. The van der Waals surface area contributed by atoms with Crippen LogP contribution in [0.1, 0.15) is 55.3 Å². The fourth-order valence-electron chi connectivity index (χ4n) is 2.94. The van der Waals surface area contributed by atoms with E-state index in [1.807, 2.05) is 48.7 Å². The molecule has 1 heterocycles. The van der Waals surface area contributed by atoms with E-state index in [0.717, 1.165) is 24.8 Å². The van der Waals surface area contributed by atoms with Gasteiger partial charge in [-0.05, 0) is 36.3 Å². The van der Waals surface area contributed by atoms with Crippen LogP contribution in [0.3, 0.4) is 0 Å². The van der Waals surface area contributed by atoms with E-state index < -0.39 is 6.04 Å². The van der Waals surface area contributed by atoms with Gasteiger partial charge in [0.05, 0.1) is 4.88 Å². The summed E-state index contributed by atoms with van der Waals surface area (Å²) in [6.45, 7) is 6.44. The molecule has 2 aromatic rings. The van der Waals surface area contributed by atoms with Gasteiger partial charge in [-0.1, -0.05) is 63.1 Å². The van der Waals surface area contributed by atoms with Crippen molar-refractivity contribution in [2.45, 2.75) is 58.5 Å². The predicted molar refractivity (Wildman–Crippen MR) is 112 cm³/mol. The third-order valence-corrected chi connectivity index (χ3v) is 5.33. The number of hydrogen-bond acceptors (Lipinski definition) is 3. The highest BCUT2D eigenvalue weighted by molar-refractivity contribution is 7.12. The van der Waals surface area contributed by atoms with Gasteiger partial charge in [0.15, 0.2) is 0 Å². The summed E-state index contributed by atoms with van der Waals surface area (Å²) in [5, 5.41) is 7.84. The Kier molecular flexibility index (Phi) is 8.52. The zero-order valence-electron chi connectivity index (χ0n) is 16.4. The van der Waals surface area contributed by atoms with Crippen molar-refractivity contribution in [2.24, 2.45) is 5.92 Å². The molecule has 0 radical (unpaired) electrons. The minimum Gasteiger partial charge on any atom is -0.352 e. The molecule has 0 aliphatic carbocycles. The topological polar surface area (TPSA) is 58.2 Å². The molecule has 1 aromatic heterocycles. The maximum Gasteiger partial charge on any atom is 0.262 e. The van der Waals surface area contributed by atoms with Crippen molar-refractivity contribution in [3.63, 3.8) is 0 Å². The van der Waals surface area contributed by atoms with Crippen molar-refractivity contribution in [3.05, 3.63) is 58.3 Å². The van der Waals surface area contributed by atoms with Gasteiger partial charge in [0.1, 0.15) is 6.04 Å². The summed E-state index contributed by atoms with van der Waals surface area (Å²) in [4.78, 5) is 25.9. The molecule has 5 heteroatoms. The number of rotatable bonds is 10. The van der Waals surface area contributed by atoms with Gasteiger partial charge in [-0.15, -0.1) is 11.3 Å². The van der Waals surface area contributed by atoms with Gasteiger partial charge in [0.25, 0.3) is 5.91 Å². The van der Waals surface area contributed by atoms with E-state index >= 15 is 0 Å². The van der Waals surface area contributed by atoms with Crippen LogP contribution in [0.2, 0.25) is 0 Å². The number of hydrogen-bond donors (Lipinski definition) is 2. The lowest BCUT2D eigenvalue weighted by Gasteiger charge is -2.21. The number of nitrogens with one attached hydrogen (secondary N) is 2. The first kappa shape index (κ1) is 21.2. The maximum atomic E-state index is 12.8. The molecule has 2 rings (SSSR count). The average Bonchev–Trinajstić information content (AvgIpc) is 3.16. The molecule has 0 fully saturated rings. The van der Waals surface area contributed by atoms with Gasteiger partial charge < -0.3 is 10.6 Å². The van der Waals surface area contributed by atoms with Crippen molar-refractivity contribution in [3.8, 4) is 0 Å². The van der Waals surface area contributed by atoms with Gasteiger partial charge in [0, 0.05) is 12.5 Å². The first-order valence-corrected chi connectivity index (χ1v) is 10.5. The number of benzene rings is 1.